The number of nitrogens with zero attached hydrogens (tertiary/aromatic N) is 1. The Morgan fingerprint density at radius 2 is 2.00 bits per heavy atom. The molecule has 0 aliphatic carbocycles. The Morgan fingerprint density at radius 1 is 1.21 bits per heavy atom. The summed E-state index contributed by atoms with van der Waals surface area (Å²) in [5.74, 6) is 0.892. The maximum Gasteiger partial charge on any atom is 0.169 e. The van der Waals surface area contributed by atoms with E-state index in [2.05, 4.69) is 0 Å². The number of phenolic OH excluding ortho intramolecular Hbond substituents is 1. The lowest BCUT2D eigenvalue weighted by molar-refractivity contribution is 0.411. The van der Waals surface area contributed by atoms with Crippen molar-refractivity contribution in [2.75, 3.05) is 0 Å². The number of ether oxygens (including phenoxy) is 1. The molecule has 0 saturated carbocycles. The number of aromatic hydroxyl groups is 1. The van der Waals surface area contributed by atoms with Crippen LogP contribution in [-0.2, 0) is 0 Å². The van der Waals surface area contributed by atoms with Crippen LogP contribution in [0.2, 0.25) is 5.02 Å². The van der Waals surface area contributed by atoms with E-state index in [1.165, 1.54) is 12.1 Å². The first-order chi connectivity index (χ1) is 9.19. The molecule has 0 aliphatic rings. The number of para-hydroxylation sites is 2. The first-order valence-electron chi connectivity index (χ1n) is 5.51. The zero-order valence-corrected chi connectivity index (χ0v) is 10.6. The second kappa shape index (κ2) is 5.94. The summed E-state index contributed by atoms with van der Waals surface area (Å²) in [6.07, 6.45) is 2.99. The fraction of sp³-hybridized carbons (Fsp3) is 0. The van der Waals surface area contributed by atoms with Gasteiger partial charge in [-0.05, 0) is 42.0 Å². The van der Waals surface area contributed by atoms with Crippen LogP contribution in [0, 0.1) is 11.3 Å². The predicted molar refractivity (Wildman–Crippen MR) is 74.3 cm³/mol. The number of hydrogen-bond donors (Lipinski definition) is 1. The van der Waals surface area contributed by atoms with Crippen molar-refractivity contribution in [1.82, 2.24) is 0 Å². The highest BCUT2D eigenvalue weighted by Gasteiger charge is 2.04. The third-order valence-corrected chi connectivity index (χ3v) is 2.56. The van der Waals surface area contributed by atoms with Crippen LogP contribution < -0.4 is 4.74 Å². The first-order valence-corrected chi connectivity index (χ1v) is 5.89. The van der Waals surface area contributed by atoms with Crippen LogP contribution in [0.5, 0.6) is 17.2 Å². The topological polar surface area (TPSA) is 53.2 Å². The van der Waals surface area contributed by atoms with Gasteiger partial charge < -0.3 is 9.84 Å². The molecule has 2 aromatic carbocycles. The maximum atomic E-state index is 9.64. The van der Waals surface area contributed by atoms with Crippen molar-refractivity contribution in [3.63, 3.8) is 0 Å². The fourth-order valence-electron chi connectivity index (χ4n) is 1.54. The summed E-state index contributed by atoms with van der Waals surface area (Å²) in [5.41, 5.74) is 0.750. The largest absolute Gasteiger partial charge is 0.504 e. The number of benzene rings is 2. The zero-order valence-electron chi connectivity index (χ0n) is 9.88. The monoisotopic (exact) mass is 271 g/mol. The van der Waals surface area contributed by atoms with Gasteiger partial charge >= 0.3 is 0 Å². The van der Waals surface area contributed by atoms with Crippen molar-refractivity contribution in [1.29, 1.82) is 5.26 Å². The second-order valence-corrected chi connectivity index (χ2v) is 4.19. The lowest BCUT2D eigenvalue weighted by atomic mass is 10.2. The minimum Gasteiger partial charge on any atom is -0.504 e. The Kier molecular flexibility index (Phi) is 4.07. The fourth-order valence-corrected chi connectivity index (χ4v) is 1.78. The summed E-state index contributed by atoms with van der Waals surface area (Å²) < 4.78 is 5.56. The van der Waals surface area contributed by atoms with E-state index in [9.17, 15) is 5.11 Å². The molecule has 4 heteroatoms. The van der Waals surface area contributed by atoms with Crippen LogP contribution in [0.3, 0.4) is 0 Å². The summed E-state index contributed by atoms with van der Waals surface area (Å²) in [5, 5.41) is 18.6. The number of allylic oxidation sites excluding steroid dienone is 1. The number of nitriles is 1. The van der Waals surface area contributed by atoms with Gasteiger partial charge in [0.15, 0.2) is 11.5 Å². The average molecular weight is 272 g/mol. The van der Waals surface area contributed by atoms with E-state index >= 15 is 0 Å². The predicted octanol–water partition coefficient (Wildman–Crippen LogP) is 4.37. The molecule has 0 aromatic heterocycles. The molecule has 0 saturated heterocycles. The van der Waals surface area contributed by atoms with E-state index in [1.54, 1.807) is 42.5 Å². The molecule has 0 atom stereocenters. The van der Waals surface area contributed by atoms with Crippen LogP contribution in [0.15, 0.2) is 48.5 Å². The average Bonchev–Trinajstić information content (AvgIpc) is 2.38. The van der Waals surface area contributed by atoms with Crippen LogP contribution >= 0.6 is 11.6 Å². The van der Waals surface area contributed by atoms with Gasteiger partial charge in [-0.15, -0.1) is 0 Å². The van der Waals surface area contributed by atoms with Crippen molar-refractivity contribution >= 4 is 17.7 Å². The molecule has 1 N–H and O–H groups in total. The summed E-state index contributed by atoms with van der Waals surface area (Å²) in [6.45, 7) is 0. The van der Waals surface area contributed by atoms with Gasteiger partial charge in [0, 0.05) is 11.1 Å². The van der Waals surface area contributed by atoms with Crippen LogP contribution in [-0.4, -0.2) is 5.11 Å². The molecule has 94 valence electrons. The van der Waals surface area contributed by atoms with Crippen LogP contribution in [0.1, 0.15) is 5.56 Å². The van der Waals surface area contributed by atoms with Crippen LogP contribution in [0.4, 0.5) is 0 Å². The third kappa shape index (κ3) is 3.51. The molecular formula is C15H10ClNO2. The highest BCUT2D eigenvalue weighted by atomic mass is 35.5. The van der Waals surface area contributed by atoms with E-state index in [0.717, 1.165) is 5.56 Å². The summed E-state index contributed by atoms with van der Waals surface area (Å²) in [7, 11) is 0. The Balaban J connectivity index is 2.31. The molecular weight excluding hydrogens is 262 g/mol. The van der Waals surface area contributed by atoms with Gasteiger partial charge in [0.05, 0.1) is 6.07 Å². The molecule has 0 heterocycles. The quantitative estimate of drug-likeness (QED) is 0.843. The Labute approximate surface area is 115 Å². The van der Waals surface area contributed by atoms with Gasteiger partial charge in [-0.3, -0.25) is 0 Å². The lowest BCUT2D eigenvalue weighted by Gasteiger charge is -2.08. The van der Waals surface area contributed by atoms with Crippen molar-refractivity contribution < 1.29 is 9.84 Å². The number of hydrogen-bond acceptors (Lipinski definition) is 3. The lowest BCUT2D eigenvalue weighted by Crippen LogP contribution is -1.86. The van der Waals surface area contributed by atoms with Gasteiger partial charge in [-0.25, -0.2) is 0 Å². The molecule has 3 nitrogen and oxygen atoms in total. The van der Waals surface area contributed by atoms with E-state index in [1.807, 2.05) is 6.07 Å². The molecule has 0 aliphatic heterocycles. The third-order valence-electron chi connectivity index (χ3n) is 2.34. The van der Waals surface area contributed by atoms with Gasteiger partial charge in [0.2, 0.25) is 0 Å². The number of phenols is 1. The molecule has 0 fully saturated rings. The maximum absolute atomic E-state index is 9.64. The van der Waals surface area contributed by atoms with Crippen LogP contribution in [0.25, 0.3) is 6.08 Å². The summed E-state index contributed by atoms with van der Waals surface area (Å²) in [6, 6.07) is 13.7. The van der Waals surface area contributed by atoms with Crippen molar-refractivity contribution in [3.8, 4) is 23.3 Å². The molecule has 19 heavy (non-hydrogen) atoms. The molecule has 0 bridgehead atoms. The molecule has 0 amide bonds. The van der Waals surface area contributed by atoms with Crippen molar-refractivity contribution in [2.24, 2.45) is 0 Å². The zero-order chi connectivity index (χ0) is 13.7. The van der Waals surface area contributed by atoms with E-state index in [4.69, 9.17) is 21.6 Å². The molecule has 0 unspecified atom stereocenters. The SMILES string of the molecule is N#C/C=C/c1cc(Cl)cc(Oc2ccccc2O)c1. The minimum atomic E-state index is 0.0524. The summed E-state index contributed by atoms with van der Waals surface area (Å²) in [4.78, 5) is 0. The Morgan fingerprint density at radius 3 is 2.74 bits per heavy atom. The van der Waals surface area contributed by atoms with Gasteiger partial charge in [-0.2, -0.15) is 5.26 Å². The Bertz CT molecular complexity index is 659. The highest BCUT2D eigenvalue weighted by molar-refractivity contribution is 6.30. The number of halogens is 1. The Hall–Kier alpha value is -2.44. The minimum absolute atomic E-state index is 0.0524. The van der Waals surface area contributed by atoms with E-state index in [-0.39, 0.29) is 5.75 Å². The smallest absolute Gasteiger partial charge is 0.169 e. The summed E-state index contributed by atoms with van der Waals surface area (Å²) >= 11 is 5.98. The molecule has 2 rings (SSSR count). The second-order valence-electron chi connectivity index (χ2n) is 3.75. The highest BCUT2D eigenvalue weighted by Crippen LogP contribution is 2.32. The number of rotatable bonds is 3. The van der Waals surface area contributed by atoms with E-state index < -0.39 is 0 Å². The van der Waals surface area contributed by atoms with Gasteiger partial charge in [-0.1, -0.05) is 23.7 Å². The first kappa shape index (κ1) is 13.0. The normalized spacial score (nSPS) is 10.3. The van der Waals surface area contributed by atoms with E-state index in [0.29, 0.717) is 16.5 Å². The molecule has 2 aromatic rings. The van der Waals surface area contributed by atoms with Gasteiger partial charge in [0.1, 0.15) is 5.75 Å². The van der Waals surface area contributed by atoms with Crippen molar-refractivity contribution in [3.05, 3.63) is 59.1 Å². The molecule has 0 radical (unpaired) electrons. The van der Waals surface area contributed by atoms with Crippen molar-refractivity contribution in [2.45, 2.75) is 0 Å². The standard InChI is InChI=1S/C15H10ClNO2/c16-12-8-11(4-3-7-17)9-13(10-12)19-15-6-2-1-5-14(15)18/h1-6,8-10,18H/b4-3+. The van der Waals surface area contributed by atoms with Gasteiger partial charge in [0.25, 0.3) is 0 Å². The molecule has 0 spiro atoms.